The highest BCUT2D eigenvalue weighted by Gasteiger charge is 2.02. The standard InChI is InChI=1S/C11H16N2O/c1-9-6-4-5-7-10(9)8-12-11(14)13(2)3/h4-7H,8H2,1-3H3,(H,12,14). The fourth-order valence-corrected chi connectivity index (χ4v) is 1.14. The lowest BCUT2D eigenvalue weighted by molar-refractivity contribution is 0.217. The lowest BCUT2D eigenvalue weighted by Gasteiger charge is -2.12. The fourth-order valence-electron chi connectivity index (χ4n) is 1.14. The number of carbonyl (C=O) groups excluding carboxylic acids is 1. The van der Waals surface area contributed by atoms with Gasteiger partial charge in [-0.25, -0.2) is 4.79 Å². The minimum absolute atomic E-state index is 0.0618. The molecule has 1 aromatic rings. The smallest absolute Gasteiger partial charge is 0.317 e. The Morgan fingerprint density at radius 1 is 1.36 bits per heavy atom. The molecule has 0 bridgehead atoms. The predicted molar refractivity (Wildman–Crippen MR) is 57.1 cm³/mol. The average Bonchev–Trinajstić information content (AvgIpc) is 2.16. The van der Waals surface area contributed by atoms with Crippen molar-refractivity contribution < 1.29 is 4.79 Å². The number of hydrogen-bond donors (Lipinski definition) is 1. The summed E-state index contributed by atoms with van der Waals surface area (Å²) in [5, 5.41) is 2.83. The number of rotatable bonds is 2. The molecule has 0 aliphatic rings. The molecule has 0 radical (unpaired) electrons. The van der Waals surface area contributed by atoms with E-state index in [0.717, 1.165) is 5.56 Å². The highest BCUT2D eigenvalue weighted by Crippen LogP contribution is 2.05. The minimum Gasteiger partial charge on any atom is -0.334 e. The van der Waals surface area contributed by atoms with Crippen LogP contribution in [0.15, 0.2) is 24.3 Å². The molecule has 0 spiro atoms. The largest absolute Gasteiger partial charge is 0.334 e. The summed E-state index contributed by atoms with van der Waals surface area (Å²) in [5.41, 5.74) is 2.36. The second-order valence-corrected chi connectivity index (χ2v) is 3.48. The number of carbonyl (C=O) groups is 1. The van der Waals surface area contributed by atoms with Crippen molar-refractivity contribution in [3.8, 4) is 0 Å². The van der Waals surface area contributed by atoms with Gasteiger partial charge in [0, 0.05) is 20.6 Å². The van der Waals surface area contributed by atoms with Crippen LogP contribution in [0.4, 0.5) is 4.79 Å². The van der Waals surface area contributed by atoms with Gasteiger partial charge in [0.1, 0.15) is 0 Å². The van der Waals surface area contributed by atoms with Crippen molar-refractivity contribution >= 4 is 6.03 Å². The fraction of sp³-hybridized carbons (Fsp3) is 0.364. The van der Waals surface area contributed by atoms with E-state index < -0.39 is 0 Å². The lowest BCUT2D eigenvalue weighted by atomic mass is 10.1. The van der Waals surface area contributed by atoms with E-state index in [9.17, 15) is 4.79 Å². The number of urea groups is 1. The summed E-state index contributed by atoms with van der Waals surface area (Å²) in [7, 11) is 3.46. The van der Waals surface area contributed by atoms with Crippen LogP contribution in [0.25, 0.3) is 0 Å². The van der Waals surface area contributed by atoms with Gasteiger partial charge in [-0.3, -0.25) is 0 Å². The monoisotopic (exact) mass is 192 g/mol. The van der Waals surface area contributed by atoms with Gasteiger partial charge in [-0.05, 0) is 18.1 Å². The van der Waals surface area contributed by atoms with Gasteiger partial charge in [0.2, 0.25) is 0 Å². The molecule has 0 saturated heterocycles. The van der Waals surface area contributed by atoms with Gasteiger partial charge in [-0.15, -0.1) is 0 Å². The van der Waals surface area contributed by atoms with Gasteiger partial charge < -0.3 is 10.2 Å². The van der Waals surface area contributed by atoms with Gasteiger partial charge in [-0.1, -0.05) is 24.3 Å². The summed E-state index contributed by atoms with van der Waals surface area (Å²) in [6.45, 7) is 2.63. The van der Waals surface area contributed by atoms with E-state index in [-0.39, 0.29) is 6.03 Å². The number of aryl methyl sites for hydroxylation is 1. The normalized spacial score (nSPS) is 9.64. The number of benzene rings is 1. The molecule has 14 heavy (non-hydrogen) atoms. The van der Waals surface area contributed by atoms with Crippen molar-refractivity contribution in [1.82, 2.24) is 10.2 Å². The third-order valence-electron chi connectivity index (χ3n) is 2.10. The van der Waals surface area contributed by atoms with E-state index >= 15 is 0 Å². The molecule has 0 fully saturated rings. The molecule has 76 valence electrons. The topological polar surface area (TPSA) is 32.3 Å². The summed E-state index contributed by atoms with van der Waals surface area (Å²) >= 11 is 0. The van der Waals surface area contributed by atoms with Gasteiger partial charge in [0.15, 0.2) is 0 Å². The molecule has 0 atom stereocenters. The molecular weight excluding hydrogens is 176 g/mol. The number of amides is 2. The Morgan fingerprint density at radius 3 is 2.57 bits per heavy atom. The Kier molecular flexibility index (Phi) is 3.51. The Bertz CT molecular complexity index is 321. The molecule has 0 aromatic heterocycles. The van der Waals surface area contributed by atoms with Crippen LogP contribution in [-0.4, -0.2) is 25.0 Å². The van der Waals surface area contributed by atoms with Crippen molar-refractivity contribution in [3.05, 3.63) is 35.4 Å². The summed E-state index contributed by atoms with van der Waals surface area (Å²) in [6.07, 6.45) is 0. The van der Waals surface area contributed by atoms with E-state index in [1.54, 1.807) is 14.1 Å². The van der Waals surface area contributed by atoms with E-state index in [1.807, 2.05) is 31.2 Å². The van der Waals surface area contributed by atoms with E-state index in [0.29, 0.717) is 6.54 Å². The Hall–Kier alpha value is -1.51. The van der Waals surface area contributed by atoms with Gasteiger partial charge in [0.25, 0.3) is 0 Å². The first kappa shape index (κ1) is 10.6. The van der Waals surface area contributed by atoms with Crippen LogP contribution in [0.3, 0.4) is 0 Å². The number of nitrogens with one attached hydrogen (secondary N) is 1. The van der Waals surface area contributed by atoms with Crippen LogP contribution >= 0.6 is 0 Å². The van der Waals surface area contributed by atoms with Gasteiger partial charge in [0.05, 0.1) is 0 Å². The third kappa shape index (κ3) is 2.76. The Labute approximate surface area is 84.7 Å². The van der Waals surface area contributed by atoms with Crippen molar-refractivity contribution in [3.63, 3.8) is 0 Å². The summed E-state index contributed by atoms with van der Waals surface area (Å²) in [4.78, 5) is 12.8. The molecule has 3 heteroatoms. The zero-order chi connectivity index (χ0) is 10.6. The molecule has 1 N–H and O–H groups in total. The molecule has 0 heterocycles. The zero-order valence-corrected chi connectivity index (χ0v) is 8.87. The second-order valence-electron chi connectivity index (χ2n) is 3.48. The molecular formula is C11H16N2O. The van der Waals surface area contributed by atoms with E-state index in [2.05, 4.69) is 5.32 Å². The van der Waals surface area contributed by atoms with Crippen LogP contribution in [0, 0.1) is 6.92 Å². The van der Waals surface area contributed by atoms with Crippen molar-refractivity contribution in [2.45, 2.75) is 13.5 Å². The van der Waals surface area contributed by atoms with Gasteiger partial charge >= 0.3 is 6.03 Å². The van der Waals surface area contributed by atoms with Crippen molar-refractivity contribution in [2.24, 2.45) is 0 Å². The Morgan fingerprint density at radius 2 is 2.00 bits per heavy atom. The molecule has 0 saturated carbocycles. The molecule has 1 aromatic carbocycles. The molecule has 1 rings (SSSR count). The quantitative estimate of drug-likeness (QED) is 0.761. The predicted octanol–water partition coefficient (Wildman–Crippen LogP) is 1.77. The Balaban J connectivity index is 2.54. The van der Waals surface area contributed by atoms with Crippen LogP contribution in [-0.2, 0) is 6.54 Å². The van der Waals surface area contributed by atoms with Crippen LogP contribution in [0.1, 0.15) is 11.1 Å². The van der Waals surface area contributed by atoms with Crippen LogP contribution in [0.5, 0.6) is 0 Å². The minimum atomic E-state index is -0.0618. The maximum absolute atomic E-state index is 11.2. The number of nitrogens with zero attached hydrogens (tertiary/aromatic N) is 1. The lowest BCUT2D eigenvalue weighted by Crippen LogP contribution is -2.34. The summed E-state index contributed by atoms with van der Waals surface area (Å²) < 4.78 is 0. The van der Waals surface area contributed by atoms with E-state index in [1.165, 1.54) is 10.5 Å². The molecule has 0 aliphatic heterocycles. The third-order valence-corrected chi connectivity index (χ3v) is 2.10. The zero-order valence-electron chi connectivity index (χ0n) is 8.87. The summed E-state index contributed by atoms with van der Waals surface area (Å²) in [6, 6.07) is 7.97. The highest BCUT2D eigenvalue weighted by molar-refractivity contribution is 5.73. The molecule has 2 amide bonds. The first-order valence-corrected chi connectivity index (χ1v) is 4.61. The maximum atomic E-state index is 11.2. The van der Waals surface area contributed by atoms with Crippen molar-refractivity contribution in [2.75, 3.05) is 14.1 Å². The maximum Gasteiger partial charge on any atom is 0.317 e. The second kappa shape index (κ2) is 4.65. The first-order chi connectivity index (χ1) is 6.61. The average molecular weight is 192 g/mol. The SMILES string of the molecule is Cc1ccccc1CNC(=O)N(C)C. The van der Waals surface area contributed by atoms with Crippen molar-refractivity contribution in [1.29, 1.82) is 0 Å². The van der Waals surface area contributed by atoms with Crippen LogP contribution < -0.4 is 5.32 Å². The number of hydrogen-bond acceptors (Lipinski definition) is 1. The van der Waals surface area contributed by atoms with E-state index in [4.69, 9.17) is 0 Å². The molecule has 3 nitrogen and oxygen atoms in total. The molecule has 0 aliphatic carbocycles. The highest BCUT2D eigenvalue weighted by atomic mass is 16.2. The first-order valence-electron chi connectivity index (χ1n) is 4.61. The molecule has 0 unspecified atom stereocenters. The summed E-state index contributed by atoms with van der Waals surface area (Å²) in [5.74, 6) is 0. The van der Waals surface area contributed by atoms with Crippen LogP contribution in [0.2, 0.25) is 0 Å². The van der Waals surface area contributed by atoms with Gasteiger partial charge in [-0.2, -0.15) is 0 Å².